The van der Waals surface area contributed by atoms with Crippen molar-refractivity contribution in [3.63, 3.8) is 0 Å². The minimum atomic E-state index is 1.00. The third-order valence-corrected chi connectivity index (χ3v) is 1.99. The van der Waals surface area contributed by atoms with Crippen molar-refractivity contribution in [1.82, 2.24) is 9.38 Å². The van der Waals surface area contributed by atoms with Crippen molar-refractivity contribution in [2.75, 3.05) is 0 Å². The van der Waals surface area contributed by atoms with E-state index in [1.54, 1.807) is 6.20 Å². The summed E-state index contributed by atoms with van der Waals surface area (Å²) in [5.41, 5.74) is 1.00. The fourth-order valence-electron chi connectivity index (χ4n) is 0.893. The monoisotopic (exact) mass is 242 g/mol. The first kappa shape index (κ1) is 6.15. The molecule has 0 saturated carbocycles. The number of hydrogen-bond donors (Lipinski definition) is 0. The Labute approximate surface area is 72.0 Å². The highest BCUT2D eigenvalue weighted by atomic mass is 125. The number of rotatable bonds is 0. The molecule has 2 rings (SSSR count). The zero-order valence-electron chi connectivity index (χ0n) is 5.16. The molecule has 0 bridgehead atoms. The van der Waals surface area contributed by atoms with Crippen LogP contribution in [0.3, 0.4) is 0 Å². The molecule has 0 spiro atoms. The van der Waals surface area contributed by atoms with Crippen LogP contribution >= 0.6 is 22.6 Å². The van der Waals surface area contributed by atoms with E-state index >= 15 is 0 Å². The molecule has 50 valence electrons. The second-order valence-corrected chi connectivity index (χ2v) is 3.29. The van der Waals surface area contributed by atoms with E-state index in [4.69, 9.17) is 0 Å². The van der Waals surface area contributed by atoms with Gasteiger partial charge in [0.25, 0.3) is 0 Å². The first-order valence-electron chi connectivity index (χ1n) is 2.94. The van der Waals surface area contributed by atoms with Crippen molar-refractivity contribution in [3.8, 4) is 0 Å². The fraction of sp³-hybridized carbons (Fsp3) is 0. The molecule has 0 unspecified atom stereocenters. The van der Waals surface area contributed by atoms with Crippen molar-refractivity contribution in [1.29, 1.82) is 0 Å². The Morgan fingerprint density at radius 1 is 1.40 bits per heavy atom. The Morgan fingerprint density at radius 3 is 3.20 bits per heavy atom. The van der Waals surface area contributed by atoms with Gasteiger partial charge >= 0.3 is 0 Å². The van der Waals surface area contributed by atoms with Crippen LogP contribution in [0.15, 0.2) is 30.7 Å². The minimum Gasteiger partial charge on any atom is -0.306 e. The van der Waals surface area contributed by atoms with E-state index in [0.29, 0.717) is 0 Å². The maximum atomic E-state index is 4.12. The molecule has 0 aliphatic heterocycles. The molecule has 0 saturated heterocycles. The summed E-state index contributed by atoms with van der Waals surface area (Å²) in [4.78, 5) is 4.12. The van der Waals surface area contributed by atoms with E-state index in [0.717, 1.165) is 5.65 Å². The fourth-order valence-corrected chi connectivity index (χ4v) is 1.37. The second kappa shape index (κ2) is 2.23. The van der Waals surface area contributed by atoms with Gasteiger partial charge in [0, 0.05) is 22.2 Å². The van der Waals surface area contributed by atoms with Crippen LogP contribution < -0.4 is 0 Å². The molecule has 10 heavy (non-hydrogen) atoms. The van der Waals surface area contributed by atoms with Crippen LogP contribution in [-0.2, 0) is 0 Å². The van der Waals surface area contributed by atoms with Crippen LogP contribution in [0.1, 0.15) is 0 Å². The normalized spacial score (nSPS) is 10.5. The Kier molecular flexibility index (Phi) is 1.37. The largest absolute Gasteiger partial charge is 0.306 e. The van der Waals surface area contributed by atoms with Crippen molar-refractivity contribution < 1.29 is 0 Å². The average Bonchev–Trinajstić information content (AvgIpc) is 2.33. The maximum absolute atomic E-state index is 4.12. The van der Waals surface area contributed by atoms with E-state index in [-0.39, 0.29) is 0 Å². The molecule has 3 heteroatoms. The molecule has 0 atom stereocenters. The summed E-state index contributed by atoms with van der Waals surface area (Å²) in [6.07, 6.45) is 5.78. The van der Waals surface area contributed by atoms with Crippen LogP contribution in [-0.4, -0.2) is 9.38 Å². The highest BCUT2D eigenvalue weighted by Gasteiger charge is 1.91. The first-order valence-corrected chi connectivity index (χ1v) is 4.02. The molecule has 0 amide bonds. The topological polar surface area (TPSA) is 17.3 Å². The number of halogens is 1. The lowest BCUT2D eigenvalue weighted by Crippen LogP contribution is -1.82. The van der Waals surface area contributed by atoms with Crippen molar-refractivity contribution in [2.24, 2.45) is 0 Å². The Hall–Kier alpha value is -0.580. The lowest BCUT2D eigenvalue weighted by Gasteiger charge is -1.91. The van der Waals surface area contributed by atoms with Gasteiger partial charge in [0.15, 0.2) is 0 Å². The Bertz CT molecular complexity index is 353. The summed E-state index contributed by atoms with van der Waals surface area (Å²) < 4.78 is 3.23. The predicted molar refractivity (Wildman–Crippen MR) is 47.9 cm³/mol. The van der Waals surface area contributed by atoms with E-state index in [1.165, 1.54) is 3.57 Å². The maximum Gasteiger partial charge on any atom is 0.136 e. The summed E-state index contributed by atoms with van der Waals surface area (Å²) >= 11 is 2.28. The molecule has 2 aromatic heterocycles. The summed E-state index contributed by atoms with van der Waals surface area (Å²) in [5, 5.41) is 0. The molecule has 0 fully saturated rings. The molecule has 2 aromatic rings. The van der Waals surface area contributed by atoms with Crippen LogP contribution in [0.25, 0.3) is 5.65 Å². The third-order valence-electron chi connectivity index (χ3n) is 1.35. The number of fused-ring (bicyclic) bond motifs is 1. The first-order chi connectivity index (χ1) is 4.86. The molecule has 0 aliphatic carbocycles. The Balaban J connectivity index is 2.86. The van der Waals surface area contributed by atoms with Crippen molar-refractivity contribution in [3.05, 3.63) is 34.3 Å². The molecule has 2 heterocycles. The average molecular weight is 242 g/mol. The van der Waals surface area contributed by atoms with Gasteiger partial charge in [0.1, 0.15) is 5.65 Å². The third kappa shape index (κ3) is 0.901. The van der Waals surface area contributed by atoms with Crippen LogP contribution in [0.4, 0.5) is 0 Å². The molecule has 0 aromatic carbocycles. The zero-order chi connectivity index (χ0) is 6.97. The lowest BCUT2D eigenvalue weighted by molar-refractivity contribution is 1.17. The summed E-state index contributed by atoms with van der Waals surface area (Å²) in [6.45, 7) is 0. The molecular formula is C7H5IN2. The number of hydrogen-bond acceptors (Lipinski definition) is 1. The van der Waals surface area contributed by atoms with Gasteiger partial charge in [-0.25, -0.2) is 4.98 Å². The van der Waals surface area contributed by atoms with Gasteiger partial charge < -0.3 is 4.40 Å². The number of pyridine rings is 1. The zero-order valence-corrected chi connectivity index (χ0v) is 7.32. The summed E-state index contributed by atoms with van der Waals surface area (Å²) in [7, 11) is 0. The van der Waals surface area contributed by atoms with Gasteiger partial charge in [0.05, 0.1) is 0 Å². The smallest absolute Gasteiger partial charge is 0.136 e. The highest BCUT2D eigenvalue weighted by Crippen LogP contribution is 2.06. The molecular weight excluding hydrogens is 237 g/mol. The highest BCUT2D eigenvalue weighted by molar-refractivity contribution is 14.1. The second-order valence-electron chi connectivity index (χ2n) is 2.04. The van der Waals surface area contributed by atoms with Crippen molar-refractivity contribution >= 4 is 28.2 Å². The van der Waals surface area contributed by atoms with Crippen LogP contribution in [0.2, 0.25) is 0 Å². The van der Waals surface area contributed by atoms with Crippen LogP contribution in [0, 0.1) is 3.57 Å². The molecule has 2 nitrogen and oxygen atoms in total. The summed E-state index contributed by atoms with van der Waals surface area (Å²) in [5.74, 6) is 0. The van der Waals surface area contributed by atoms with E-state index in [2.05, 4.69) is 27.6 Å². The SMILES string of the molecule is [125I]c1ccc2nccn2c1. The lowest BCUT2D eigenvalue weighted by atomic mass is 10.5. The minimum absolute atomic E-state index is 1.00. The van der Waals surface area contributed by atoms with Gasteiger partial charge in [-0.3, -0.25) is 0 Å². The summed E-state index contributed by atoms with van der Waals surface area (Å²) in [6, 6.07) is 4.05. The number of imidazole rings is 1. The van der Waals surface area contributed by atoms with E-state index in [1.807, 2.05) is 28.9 Å². The van der Waals surface area contributed by atoms with Gasteiger partial charge in [-0.15, -0.1) is 0 Å². The predicted octanol–water partition coefficient (Wildman–Crippen LogP) is 1.94. The van der Waals surface area contributed by atoms with Crippen LogP contribution in [0.5, 0.6) is 0 Å². The van der Waals surface area contributed by atoms with Crippen molar-refractivity contribution in [2.45, 2.75) is 0 Å². The number of nitrogens with zero attached hydrogens (tertiary/aromatic N) is 2. The molecule has 0 aliphatic rings. The van der Waals surface area contributed by atoms with Gasteiger partial charge in [-0.05, 0) is 34.7 Å². The van der Waals surface area contributed by atoms with Gasteiger partial charge in [-0.1, -0.05) is 0 Å². The van der Waals surface area contributed by atoms with E-state index < -0.39 is 0 Å². The number of aromatic nitrogens is 2. The quantitative estimate of drug-likeness (QED) is 0.645. The van der Waals surface area contributed by atoms with E-state index in [9.17, 15) is 0 Å². The van der Waals surface area contributed by atoms with Gasteiger partial charge in [0.2, 0.25) is 0 Å². The standard InChI is InChI=1S/C7H5IN2/c8-6-1-2-7-9-3-4-10(7)5-6/h1-5H/i8-2. The molecule has 0 N–H and O–H groups in total. The van der Waals surface area contributed by atoms with Gasteiger partial charge in [-0.2, -0.15) is 0 Å². The molecule has 0 radical (unpaired) electrons. The Morgan fingerprint density at radius 2 is 2.30 bits per heavy atom.